The van der Waals surface area contributed by atoms with Crippen molar-refractivity contribution in [2.24, 2.45) is 11.3 Å². The van der Waals surface area contributed by atoms with Gasteiger partial charge in [0, 0.05) is 19.1 Å². The highest BCUT2D eigenvalue weighted by Gasteiger charge is 2.42. The van der Waals surface area contributed by atoms with Gasteiger partial charge >= 0.3 is 0 Å². The van der Waals surface area contributed by atoms with Crippen molar-refractivity contribution in [3.05, 3.63) is 0 Å². The summed E-state index contributed by atoms with van der Waals surface area (Å²) >= 11 is 0. The van der Waals surface area contributed by atoms with Gasteiger partial charge in [-0.05, 0) is 50.6 Å². The molecule has 0 aromatic heterocycles. The van der Waals surface area contributed by atoms with Crippen molar-refractivity contribution in [3.8, 4) is 0 Å². The minimum Gasteiger partial charge on any atom is -0.389 e. The lowest BCUT2D eigenvalue weighted by Gasteiger charge is -2.35. The second kappa shape index (κ2) is 6.33. The number of hydrogen-bond acceptors (Lipinski definition) is 3. The molecule has 0 saturated heterocycles. The van der Waals surface area contributed by atoms with E-state index in [0.29, 0.717) is 11.5 Å². The number of aliphatic hydroxyl groups is 1. The molecule has 2 N–H and O–H groups in total. The van der Waals surface area contributed by atoms with E-state index in [-0.39, 0.29) is 0 Å². The number of rotatable bonds is 6. The van der Waals surface area contributed by atoms with Crippen molar-refractivity contribution >= 4 is 0 Å². The third kappa shape index (κ3) is 3.75. The monoisotopic (exact) mass is 282 g/mol. The van der Waals surface area contributed by atoms with E-state index in [4.69, 9.17) is 0 Å². The van der Waals surface area contributed by atoms with Gasteiger partial charge in [-0.2, -0.15) is 0 Å². The second-order valence-corrected chi connectivity index (χ2v) is 7.95. The van der Waals surface area contributed by atoms with Gasteiger partial charge in [0.1, 0.15) is 0 Å². The predicted molar refractivity (Wildman–Crippen MR) is 84.9 cm³/mol. The average molecular weight is 282 g/mol. The van der Waals surface area contributed by atoms with Crippen LogP contribution in [0.3, 0.4) is 0 Å². The first kappa shape index (κ1) is 16.3. The molecule has 0 radical (unpaired) electrons. The Labute approximate surface area is 125 Å². The maximum atomic E-state index is 10.6. The molecule has 2 unspecified atom stereocenters. The van der Waals surface area contributed by atoms with Gasteiger partial charge in [0.2, 0.25) is 0 Å². The summed E-state index contributed by atoms with van der Waals surface area (Å²) in [5, 5.41) is 14.3. The molecule has 2 aliphatic rings. The lowest BCUT2D eigenvalue weighted by Crippen LogP contribution is -2.47. The molecule has 0 bridgehead atoms. The Morgan fingerprint density at radius 3 is 2.45 bits per heavy atom. The minimum absolute atomic E-state index is 0.406. The first-order valence-corrected chi connectivity index (χ1v) is 8.51. The molecule has 2 aliphatic carbocycles. The first-order valence-electron chi connectivity index (χ1n) is 8.51. The van der Waals surface area contributed by atoms with E-state index in [9.17, 15) is 5.11 Å². The fourth-order valence-electron chi connectivity index (χ4n) is 4.54. The summed E-state index contributed by atoms with van der Waals surface area (Å²) in [6, 6.07) is 0.619. The Morgan fingerprint density at radius 1 is 1.20 bits per heavy atom. The molecule has 2 fully saturated rings. The van der Waals surface area contributed by atoms with Crippen LogP contribution in [0.4, 0.5) is 0 Å². The van der Waals surface area contributed by atoms with Crippen molar-refractivity contribution in [3.63, 3.8) is 0 Å². The molecule has 118 valence electrons. The van der Waals surface area contributed by atoms with Crippen LogP contribution in [0.1, 0.15) is 59.3 Å². The molecule has 2 atom stereocenters. The van der Waals surface area contributed by atoms with E-state index in [1.807, 2.05) is 0 Å². The van der Waals surface area contributed by atoms with Crippen molar-refractivity contribution in [2.75, 3.05) is 26.7 Å². The summed E-state index contributed by atoms with van der Waals surface area (Å²) in [5.41, 5.74) is 0.00231. The Hall–Kier alpha value is -0.120. The number of likely N-dealkylation sites (N-methyl/N-ethyl adjacent to an activating group) is 1. The van der Waals surface area contributed by atoms with Crippen LogP contribution in [0, 0.1) is 11.3 Å². The van der Waals surface area contributed by atoms with Crippen molar-refractivity contribution in [1.29, 1.82) is 0 Å². The van der Waals surface area contributed by atoms with Crippen LogP contribution in [0.25, 0.3) is 0 Å². The van der Waals surface area contributed by atoms with E-state index >= 15 is 0 Å². The van der Waals surface area contributed by atoms with Crippen molar-refractivity contribution < 1.29 is 5.11 Å². The smallest absolute Gasteiger partial charge is 0.0774 e. The van der Waals surface area contributed by atoms with Crippen molar-refractivity contribution in [2.45, 2.75) is 70.9 Å². The Bertz CT molecular complexity index is 310. The zero-order valence-electron chi connectivity index (χ0n) is 13.9. The van der Waals surface area contributed by atoms with Crippen LogP contribution in [0.2, 0.25) is 0 Å². The highest BCUT2D eigenvalue weighted by molar-refractivity contribution is 4.97. The molecule has 0 aromatic rings. The molecule has 0 spiro atoms. The van der Waals surface area contributed by atoms with Crippen LogP contribution in [-0.4, -0.2) is 48.3 Å². The zero-order valence-corrected chi connectivity index (χ0v) is 13.9. The summed E-state index contributed by atoms with van der Waals surface area (Å²) in [4.78, 5) is 2.38. The van der Waals surface area contributed by atoms with Crippen LogP contribution < -0.4 is 5.32 Å². The first-order chi connectivity index (χ1) is 9.36. The van der Waals surface area contributed by atoms with Gasteiger partial charge in [0.25, 0.3) is 0 Å². The van der Waals surface area contributed by atoms with Gasteiger partial charge in [-0.25, -0.2) is 0 Å². The van der Waals surface area contributed by atoms with E-state index < -0.39 is 5.60 Å². The predicted octanol–water partition coefficient (Wildman–Crippen LogP) is 2.64. The number of hydrogen-bond donors (Lipinski definition) is 2. The Kier molecular flexibility index (Phi) is 5.14. The fourth-order valence-corrected chi connectivity index (χ4v) is 4.54. The zero-order chi connectivity index (χ0) is 14.8. The summed E-state index contributed by atoms with van der Waals surface area (Å²) in [6.07, 6.45) is 7.00. The molecule has 0 aromatic carbocycles. The SMILES string of the molecule is CCNC1C(CN(C)CC2(O)CCCC2)CCC1(C)C. The molecule has 2 rings (SSSR count). The minimum atomic E-state index is -0.406. The van der Waals surface area contributed by atoms with Gasteiger partial charge in [-0.1, -0.05) is 33.6 Å². The molecular formula is C17H34N2O. The quantitative estimate of drug-likeness (QED) is 0.786. The van der Waals surface area contributed by atoms with Crippen LogP contribution in [0.5, 0.6) is 0 Å². The molecule has 0 aliphatic heterocycles. The summed E-state index contributed by atoms with van der Waals surface area (Å²) in [6.45, 7) is 10.0. The van der Waals surface area contributed by atoms with E-state index in [0.717, 1.165) is 38.4 Å². The van der Waals surface area contributed by atoms with Gasteiger partial charge in [-0.15, -0.1) is 0 Å². The summed E-state index contributed by atoms with van der Waals surface area (Å²) < 4.78 is 0. The van der Waals surface area contributed by atoms with E-state index in [1.54, 1.807) is 0 Å². The lowest BCUT2D eigenvalue weighted by molar-refractivity contribution is 0.0115. The third-order valence-corrected chi connectivity index (χ3v) is 5.54. The summed E-state index contributed by atoms with van der Waals surface area (Å²) in [7, 11) is 2.19. The largest absolute Gasteiger partial charge is 0.389 e. The van der Waals surface area contributed by atoms with Gasteiger partial charge in [-0.3, -0.25) is 0 Å². The average Bonchev–Trinajstić information content (AvgIpc) is 2.88. The van der Waals surface area contributed by atoms with Crippen LogP contribution >= 0.6 is 0 Å². The fraction of sp³-hybridized carbons (Fsp3) is 1.00. The molecule has 0 amide bonds. The van der Waals surface area contributed by atoms with Crippen LogP contribution in [-0.2, 0) is 0 Å². The molecule has 2 saturated carbocycles. The van der Waals surface area contributed by atoms with Crippen molar-refractivity contribution in [1.82, 2.24) is 10.2 Å². The topological polar surface area (TPSA) is 35.5 Å². The highest BCUT2D eigenvalue weighted by Crippen LogP contribution is 2.41. The number of nitrogens with one attached hydrogen (secondary N) is 1. The summed E-state index contributed by atoms with van der Waals surface area (Å²) in [5.74, 6) is 0.722. The van der Waals surface area contributed by atoms with Crippen LogP contribution in [0.15, 0.2) is 0 Å². The van der Waals surface area contributed by atoms with E-state index in [1.165, 1.54) is 25.7 Å². The standard InChI is InChI=1S/C17H34N2O/c1-5-18-15-14(8-11-16(15,2)3)12-19(4)13-17(20)9-6-7-10-17/h14-15,18,20H,5-13H2,1-4H3. The maximum Gasteiger partial charge on any atom is 0.0774 e. The van der Waals surface area contributed by atoms with Gasteiger partial charge < -0.3 is 15.3 Å². The normalized spacial score (nSPS) is 32.1. The van der Waals surface area contributed by atoms with Gasteiger partial charge in [0.15, 0.2) is 0 Å². The maximum absolute atomic E-state index is 10.6. The Balaban J connectivity index is 1.88. The molecular weight excluding hydrogens is 248 g/mol. The number of nitrogens with zero attached hydrogens (tertiary/aromatic N) is 1. The Morgan fingerprint density at radius 2 is 1.85 bits per heavy atom. The molecule has 20 heavy (non-hydrogen) atoms. The molecule has 3 nitrogen and oxygen atoms in total. The van der Waals surface area contributed by atoms with Gasteiger partial charge in [0.05, 0.1) is 5.60 Å². The highest BCUT2D eigenvalue weighted by atomic mass is 16.3. The second-order valence-electron chi connectivity index (χ2n) is 7.95. The molecule has 0 heterocycles. The lowest BCUT2D eigenvalue weighted by atomic mass is 9.84. The third-order valence-electron chi connectivity index (χ3n) is 5.54. The molecule has 3 heteroatoms. The van der Waals surface area contributed by atoms with E-state index in [2.05, 4.69) is 38.0 Å².